The molecule has 19 heavy (non-hydrogen) atoms. The van der Waals surface area contributed by atoms with Crippen LogP contribution in [0.15, 0.2) is 0 Å². The molecule has 1 aliphatic heterocycles. The Labute approximate surface area is 122 Å². The standard InChI is InChI=1S/C14H26N2O2.ClH/c1-3-12-9-16(8-10(2)18-12)14(17)7-11-5-4-6-13(11)15;/h10-13H,3-9,15H2,1-2H3;1H/t10?,11-,12?,13+;/m0./s1. The van der Waals surface area contributed by atoms with E-state index in [0.717, 1.165) is 32.4 Å². The molecule has 2 N–H and O–H groups in total. The summed E-state index contributed by atoms with van der Waals surface area (Å²) in [5, 5.41) is 0. The van der Waals surface area contributed by atoms with E-state index in [0.29, 0.717) is 12.3 Å². The minimum atomic E-state index is 0. The van der Waals surface area contributed by atoms with E-state index in [2.05, 4.69) is 6.92 Å². The summed E-state index contributed by atoms with van der Waals surface area (Å²) in [6.07, 6.45) is 5.33. The van der Waals surface area contributed by atoms with Crippen molar-refractivity contribution in [2.75, 3.05) is 13.1 Å². The van der Waals surface area contributed by atoms with Gasteiger partial charge in [-0.1, -0.05) is 13.3 Å². The van der Waals surface area contributed by atoms with Gasteiger partial charge in [0.15, 0.2) is 0 Å². The van der Waals surface area contributed by atoms with E-state index in [1.54, 1.807) is 0 Å². The fraction of sp³-hybridized carbons (Fsp3) is 0.929. The molecule has 2 unspecified atom stereocenters. The van der Waals surface area contributed by atoms with Gasteiger partial charge in [-0.05, 0) is 32.1 Å². The largest absolute Gasteiger partial charge is 0.372 e. The number of amides is 1. The number of halogens is 1. The van der Waals surface area contributed by atoms with Crippen molar-refractivity contribution in [3.8, 4) is 0 Å². The lowest BCUT2D eigenvalue weighted by atomic mass is 9.99. The molecule has 2 fully saturated rings. The van der Waals surface area contributed by atoms with Crippen LogP contribution < -0.4 is 5.73 Å². The Morgan fingerprint density at radius 1 is 1.37 bits per heavy atom. The van der Waals surface area contributed by atoms with Crippen LogP contribution in [0.2, 0.25) is 0 Å². The molecule has 0 spiro atoms. The first-order valence-corrected chi connectivity index (χ1v) is 7.29. The summed E-state index contributed by atoms with van der Waals surface area (Å²) < 4.78 is 5.79. The number of carbonyl (C=O) groups excluding carboxylic acids is 1. The number of hydrogen-bond acceptors (Lipinski definition) is 3. The number of nitrogens with zero attached hydrogens (tertiary/aromatic N) is 1. The second kappa shape index (κ2) is 7.46. The number of ether oxygens (including phenoxy) is 1. The van der Waals surface area contributed by atoms with Crippen molar-refractivity contribution in [3.63, 3.8) is 0 Å². The molecule has 112 valence electrons. The van der Waals surface area contributed by atoms with Crippen LogP contribution in [-0.4, -0.2) is 42.1 Å². The molecule has 4 atom stereocenters. The maximum absolute atomic E-state index is 12.3. The molecule has 1 saturated heterocycles. The zero-order chi connectivity index (χ0) is 13.1. The summed E-state index contributed by atoms with van der Waals surface area (Å²) in [5.41, 5.74) is 6.04. The fourth-order valence-electron chi connectivity index (χ4n) is 3.15. The number of nitrogens with two attached hydrogens (primary N) is 1. The second-order valence-electron chi connectivity index (χ2n) is 5.83. The third-order valence-electron chi connectivity index (χ3n) is 4.29. The van der Waals surface area contributed by atoms with E-state index in [4.69, 9.17) is 10.5 Å². The molecule has 1 heterocycles. The van der Waals surface area contributed by atoms with Crippen molar-refractivity contribution in [1.82, 2.24) is 4.90 Å². The van der Waals surface area contributed by atoms with Crippen molar-refractivity contribution >= 4 is 18.3 Å². The van der Waals surface area contributed by atoms with Gasteiger partial charge in [0.1, 0.15) is 0 Å². The highest BCUT2D eigenvalue weighted by molar-refractivity contribution is 5.85. The summed E-state index contributed by atoms with van der Waals surface area (Å²) in [6, 6.07) is 0.231. The average molecular weight is 291 g/mol. The molecule has 0 aromatic carbocycles. The maximum atomic E-state index is 12.3. The molecule has 5 heteroatoms. The zero-order valence-electron chi connectivity index (χ0n) is 12.0. The van der Waals surface area contributed by atoms with E-state index in [-0.39, 0.29) is 36.6 Å². The molecule has 1 aliphatic carbocycles. The molecule has 0 aromatic rings. The predicted molar refractivity (Wildman–Crippen MR) is 78.4 cm³/mol. The molecule has 2 rings (SSSR count). The molecule has 1 saturated carbocycles. The molecular weight excluding hydrogens is 264 g/mol. The smallest absolute Gasteiger partial charge is 0.223 e. The van der Waals surface area contributed by atoms with Crippen molar-refractivity contribution in [2.45, 2.75) is 64.2 Å². The fourth-order valence-corrected chi connectivity index (χ4v) is 3.15. The van der Waals surface area contributed by atoms with Crippen molar-refractivity contribution < 1.29 is 9.53 Å². The highest BCUT2D eigenvalue weighted by Gasteiger charge is 2.31. The van der Waals surface area contributed by atoms with Crippen LogP contribution >= 0.6 is 12.4 Å². The Hall–Kier alpha value is -0.320. The Morgan fingerprint density at radius 3 is 2.68 bits per heavy atom. The van der Waals surface area contributed by atoms with Crippen LogP contribution in [0.25, 0.3) is 0 Å². The van der Waals surface area contributed by atoms with E-state index in [9.17, 15) is 4.79 Å². The first-order chi connectivity index (χ1) is 8.60. The molecule has 0 radical (unpaired) electrons. The zero-order valence-corrected chi connectivity index (χ0v) is 12.8. The third kappa shape index (κ3) is 4.33. The van der Waals surface area contributed by atoms with Crippen LogP contribution in [0.4, 0.5) is 0 Å². The van der Waals surface area contributed by atoms with Crippen molar-refractivity contribution in [3.05, 3.63) is 0 Å². The van der Waals surface area contributed by atoms with Crippen LogP contribution in [0, 0.1) is 5.92 Å². The minimum Gasteiger partial charge on any atom is -0.372 e. The molecule has 1 amide bonds. The summed E-state index contributed by atoms with van der Waals surface area (Å²) in [4.78, 5) is 14.3. The Kier molecular flexibility index (Phi) is 6.57. The van der Waals surface area contributed by atoms with Crippen molar-refractivity contribution in [1.29, 1.82) is 0 Å². The van der Waals surface area contributed by atoms with Gasteiger partial charge in [0.05, 0.1) is 12.2 Å². The average Bonchev–Trinajstić information content (AvgIpc) is 2.74. The maximum Gasteiger partial charge on any atom is 0.223 e. The Bertz CT molecular complexity index is 301. The van der Waals surface area contributed by atoms with Crippen LogP contribution in [0.5, 0.6) is 0 Å². The van der Waals surface area contributed by atoms with E-state index in [1.807, 2.05) is 11.8 Å². The number of hydrogen-bond donors (Lipinski definition) is 1. The minimum absolute atomic E-state index is 0. The van der Waals surface area contributed by atoms with Gasteiger partial charge in [0.2, 0.25) is 5.91 Å². The monoisotopic (exact) mass is 290 g/mol. The third-order valence-corrected chi connectivity index (χ3v) is 4.29. The topological polar surface area (TPSA) is 55.6 Å². The van der Waals surface area contributed by atoms with E-state index >= 15 is 0 Å². The highest BCUT2D eigenvalue weighted by atomic mass is 35.5. The predicted octanol–water partition coefficient (Wildman–Crippen LogP) is 1.95. The number of carbonyl (C=O) groups is 1. The van der Waals surface area contributed by atoms with Crippen LogP contribution in [0.1, 0.15) is 46.0 Å². The molecular formula is C14H27ClN2O2. The van der Waals surface area contributed by atoms with Gasteiger partial charge in [-0.15, -0.1) is 12.4 Å². The second-order valence-corrected chi connectivity index (χ2v) is 5.83. The molecule has 0 bridgehead atoms. The summed E-state index contributed by atoms with van der Waals surface area (Å²) >= 11 is 0. The van der Waals surface area contributed by atoms with Gasteiger partial charge >= 0.3 is 0 Å². The lowest BCUT2D eigenvalue weighted by molar-refractivity contribution is -0.145. The van der Waals surface area contributed by atoms with Crippen LogP contribution in [0.3, 0.4) is 0 Å². The van der Waals surface area contributed by atoms with E-state index in [1.165, 1.54) is 6.42 Å². The lowest BCUT2D eigenvalue weighted by Crippen LogP contribution is -2.49. The van der Waals surface area contributed by atoms with Gasteiger partial charge < -0.3 is 15.4 Å². The van der Waals surface area contributed by atoms with Gasteiger partial charge in [0.25, 0.3) is 0 Å². The summed E-state index contributed by atoms with van der Waals surface area (Å²) in [7, 11) is 0. The van der Waals surface area contributed by atoms with Gasteiger partial charge in [-0.25, -0.2) is 0 Å². The van der Waals surface area contributed by atoms with Gasteiger partial charge in [0, 0.05) is 25.6 Å². The number of morpholine rings is 1. The normalized spacial score (nSPS) is 35.0. The van der Waals surface area contributed by atoms with Gasteiger partial charge in [-0.3, -0.25) is 4.79 Å². The molecule has 2 aliphatic rings. The van der Waals surface area contributed by atoms with Gasteiger partial charge in [-0.2, -0.15) is 0 Å². The molecule has 0 aromatic heterocycles. The van der Waals surface area contributed by atoms with Crippen LogP contribution in [-0.2, 0) is 9.53 Å². The lowest BCUT2D eigenvalue weighted by Gasteiger charge is -2.37. The summed E-state index contributed by atoms with van der Waals surface area (Å²) in [6.45, 7) is 5.64. The number of rotatable bonds is 3. The quantitative estimate of drug-likeness (QED) is 0.864. The summed E-state index contributed by atoms with van der Waals surface area (Å²) in [5.74, 6) is 0.668. The van der Waals surface area contributed by atoms with Crippen molar-refractivity contribution in [2.24, 2.45) is 11.7 Å². The molecule has 4 nitrogen and oxygen atoms in total. The Balaban J connectivity index is 0.00000180. The van der Waals surface area contributed by atoms with E-state index < -0.39 is 0 Å². The first kappa shape index (κ1) is 16.7. The highest BCUT2D eigenvalue weighted by Crippen LogP contribution is 2.28. The first-order valence-electron chi connectivity index (χ1n) is 7.29. The SMILES string of the molecule is CCC1CN(C(=O)C[C@@H]2CCC[C@H]2N)CC(C)O1.Cl. The Morgan fingerprint density at radius 2 is 2.11 bits per heavy atom.